The van der Waals surface area contributed by atoms with E-state index in [1.165, 1.54) is 6.42 Å². The summed E-state index contributed by atoms with van der Waals surface area (Å²) in [5.41, 5.74) is 1.27. The van der Waals surface area contributed by atoms with Crippen molar-refractivity contribution in [3.05, 3.63) is 47.5 Å². The number of nitrogens with one attached hydrogen (secondary N) is 2. The lowest BCUT2D eigenvalue weighted by Gasteiger charge is -2.21. The molecule has 1 amide bonds. The zero-order chi connectivity index (χ0) is 15.1. The molecule has 4 rings (SSSR count). The van der Waals surface area contributed by atoms with Gasteiger partial charge < -0.3 is 10.6 Å². The molecule has 4 nitrogen and oxygen atoms in total. The summed E-state index contributed by atoms with van der Waals surface area (Å²) in [5, 5.41) is 17.6. The molecular formula is C18H17N3O. The van der Waals surface area contributed by atoms with E-state index >= 15 is 0 Å². The first kappa shape index (κ1) is 13.3. The van der Waals surface area contributed by atoms with E-state index in [1.807, 2.05) is 30.3 Å². The maximum atomic E-state index is 12.5. The fourth-order valence-electron chi connectivity index (χ4n) is 3.69. The van der Waals surface area contributed by atoms with Crippen LogP contribution in [-0.4, -0.2) is 24.0 Å². The first-order valence-electron chi connectivity index (χ1n) is 7.74. The molecule has 2 fully saturated rings. The van der Waals surface area contributed by atoms with E-state index < -0.39 is 0 Å². The number of rotatable bonds is 2. The Kier molecular flexibility index (Phi) is 3.09. The van der Waals surface area contributed by atoms with E-state index in [0.29, 0.717) is 23.2 Å². The summed E-state index contributed by atoms with van der Waals surface area (Å²) in [6.45, 7) is 0. The molecule has 2 saturated heterocycles. The smallest absolute Gasteiger partial charge is 0.251 e. The summed E-state index contributed by atoms with van der Waals surface area (Å²) in [6.07, 6.45) is 3.41. The normalized spacial score (nSPS) is 26.0. The highest BCUT2D eigenvalue weighted by molar-refractivity contribution is 5.99. The van der Waals surface area contributed by atoms with Crippen molar-refractivity contribution in [2.75, 3.05) is 0 Å². The summed E-state index contributed by atoms with van der Waals surface area (Å²) < 4.78 is 0. The zero-order valence-corrected chi connectivity index (χ0v) is 12.2. The molecule has 0 aliphatic carbocycles. The average molecular weight is 291 g/mol. The fraction of sp³-hybridized carbons (Fsp3) is 0.333. The van der Waals surface area contributed by atoms with Gasteiger partial charge in [-0.3, -0.25) is 4.79 Å². The molecule has 0 spiro atoms. The second-order valence-corrected chi connectivity index (χ2v) is 6.25. The van der Waals surface area contributed by atoms with Crippen LogP contribution in [0, 0.1) is 11.3 Å². The fourth-order valence-corrected chi connectivity index (χ4v) is 3.69. The Balaban J connectivity index is 1.57. The van der Waals surface area contributed by atoms with Gasteiger partial charge in [-0.1, -0.05) is 12.1 Å². The van der Waals surface area contributed by atoms with Crippen molar-refractivity contribution < 1.29 is 4.79 Å². The van der Waals surface area contributed by atoms with Crippen LogP contribution in [0.15, 0.2) is 36.4 Å². The third-order valence-corrected chi connectivity index (χ3v) is 4.85. The topological polar surface area (TPSA) is 64.9 Å². The molecule has 2 heterocycles. The number of carbonyl (C=O) groups excluding carboxylic acids is 1. The van der Waals surface area contributed by atoms with Crippen LogP contribution in [0.5, 0.6) is 0 Å². The summed E-state index contributed by atoms with van der Waals surface area (Å²) >= 11 is 0. The van der Waals surface area contributed by atoms with Crippen LogP contribution in [-0.2, 0) is 0 Å². The second-order valence-electron chi connectivity index (χ2n) is 6.25. The van der Waals surface area contributed by atoms with Crippen LogP contribution in [0.25, 0.3) is 10.8 Å². The van der Waals surface area contributed by atoms with E-state index in [9.17, 15) is 4.79 Å². The van der Waals surface area contributed by atoms with Gasteiger partial charge in [0.05, 0.1) is 11.6 Å². The Morgan fingerprint density at radius 2 is 2.05 bits per heavy atom. The van der Waals surface area contributed by atoms with Crippen LogP contribution in [0.4, 0.5) is 0 Å². The Hall–Kier alpha value is -2.38. The van der Waals surface area contributed by atoms with Crippen LogP contribution in [0.2, 0.25) is 0 Å². The third-order valence-electron chi connectivity index (χ3n) is 4.85. The molecule has 2 aliphatic rings. The predicted molar refractivity (Wildman–Crippen MR) is 84.5 cm³/mol. The Morgan fingerprint density at radius 1 is 1.18 bits per heavy atom. The Bertz CT molecular complexity index is 793. The van der Waals surface area contributed by atoms with Gasteiger partial charge in [0, 0.05) is 23.7 Å². The van der Waals surface area contributed by atoms with Crippen molar-refractivity contribution in [2.24, 2.45) is 0 Å². The van der Waals surface area contributed by atoms with Crippen molar-refractivity contribution in [2.45, 2.75) is 37.4 Å². The quantitative estimate of drug-likeness (QED) is 0.892. The van der Waals surface area contributed by atoms with Gasteiger partial charge in [0.2, 0.25) is 0 Å². The highest BCUT2D eigenvalue weighted by Crippen LogP contribution is 2.28. The van der Waals surface area contributed by atoms with Gasteiger partial charge in [0.25, 0.3) is 5.91 Å². The van der Waals surface area contributed by atoms with E-state index in [2.05, 4.69) is 16.7 Å². The largest absolute Gasteiger partial charge is 0.348 e. The van der Waals surface area contributed by atoms with Gasteiger partial charge in [0.1, 0.15) is 0 Å². The van der Waals surface area contributed by atoms with Crippen LogP contribution < -0.4 is 10.6 Å². The lowest BCUT2D eigenvalue weighted by Crippen LogP contribution is -2.42. The standard InChI is InChI=1S/C18H17N3O/c19-10-11-1-2-12-3-4-13(8-14(12)7-11)18(22)21-17-9-15-5-6-16(17)20-15/h1-4,7-8,15-17,20H,5-6,9H2,(H,21,22)/t15-,16+,17-/m1/s1. The zero-order valence-electron chi connectivity index (χ0n) is 12.2. The van der Waals surface area contributed by atoms with Crippen LogP contribution in [0.1, 0.15) is 35.2 Å². The van der Waals surface area contributed by atoms with Gasteiger partial charge >= 0.3 is 0 Å². The molecule has 2 N–H and O–H groups in total. The van der Waals surface area contributed by atoms with Crippen molar-refractivity contribution in [3.8, 4) is 6.07 Å². The molecule has 0 unspecified atom stereocenters. The van der Waals surface area contributed by atoms with Gasteiger partial charge in [0.15, 0.2) is 0 Å². The second kappa shape index (κ2) is 5.11. The first-order valence-corrected chi connectivity index (χ1v) is 7.74. The summed E-state index contributed by atoms with van der Waals surface area (Å²) in [6, 6.07) is 14.6. The summed E-state index contributed by atoms with van der Waals surface area (Å²) in [4.78, 5) is 12.5. The van der Waals surface area contributed by atoms with E-state index in [0.717, 1.165) is 23.6 Å². The molecule has 0 aromatic heterocycles. The number of hydrogen-bond acceptors (Lipinski definition) is 3. The van der Waals surface area contributed by atoms with Crippen LogP contribution >= 0.6 is 0 Å². The van der Waals surface area contributed by atoms with Gasteiger partial charge in [-0.15, -0.1) is 0 Å². The van der Waals surface area contributed by atoms with Crippen molar-refractivity contribution in [3.63, 3.8) is 0 Å². The number of benzene rings is 2. The highest BCUT2D eigenvalue weighted by atomic mass is 16.1. The van der Waals surface area contributed by atoms with Gasteiger partial charge in [-0.25, -0.2) is 0 Å². The number of nitrogens with zero attached hydrogens (tertiary/aromatic N) is 1. The minimum Gasteiger partial charge on any atom is -0.348 e. The SMILES string of the molecule is N#Cc1ccc2ccc(C(=O)N[C@@H]3C[C@H]4CC[C@@H]3N4)cc2c1. The minimum absolute atomic E-state index is 0.0244. The van der Waals surface area contributed by atoms with Crippen LogP contribution in [0.3, 0.4) is 0 Å². The number of carbonyl (C=O) groups is 1. The third kappa shape index (κ3) is 2.24. The molecule has 2 aliphatic heterocycles. The van der Waals surface area contributed by atoms with E-state index in [4.69, 9.17) is 5.26 Å². The monoisotopic (exact) mass is 291 g/mol. The lowest BCUT2D eigenvalue weighted by molar-refractivity contribution is 0.0931. The molecule has 3 atom stereocenters. The molecule has 22 heavy (non-hydrogen) atoms. The van der Waals surface area contributed by atoms with Crippen molar-refractivity contribution >= 4 is 16.7 Å². The summed E-state index contributed by atoms with van der Waals surface area (Å²) in [7, 11) is 0. The minimum atomic E-state index is -0.0244. The van der Waals surface area contributed by atoms with Gasteiger partial charge in [-0.2, -0.15) is 5.26 Å². The Labute approximate surface area is 129 Å². The molecule has 2 bridgehead atoms. The maximum absolute atomic E-state index is 12.5. The molecule has 110 valence electrons. The maximum Gasteiger partial charge on any atom is 0.251 e. The van der Waals surface area contributed by atoms with E-state index in [1.54, 1.807) is 6.07 Å². The highest BCUT2D eigenvalue weighted by Gasteiger charge is 2.39. The number of hydrogen-bond donors (Lipinski definition) is 2. The number of amides is 1. The lowest BCUT2D eigenvalue weighted by atomic mass is 9.95. The van der Waals surface area contributed by atoms with Crippen molar-refractivity contribution in [1.82, 2.24) is 10.6 Å². The first-order chi connectivity index (χ1) is 10.7. The molecule has 0 radical (unpaired) electrons. The average Bonchev–Trinajstić information content (AvgIpc) is 3.16. The summed E-state index contributed by atoms with van der Waals surface area (Å²) in [5.74, 6) is -0.0244. The predicted octanol–water partition coefficient (Wildman–Crippen LogP) is 2.33. The van der Waals surface area contributed by atoms with E-state index in [-0.39, 0.29) is 11.9 Å². The molecule has 2 aromatic carbocycles. The van der Waals surface area contributed by atoms with Gasteiger partial charge in [-0.05, 0) is 54.3 Å². The molecule has 4 heteroatoms. The number of nitriles is 1. The molecule has 0 saturated carbocycles. The molecular weight excluding hydrogens is 274 g/mol. The molecule has 2 aromatic rings. The van der Waals surface area contributed by atoms with Crippen molar-refractivity contribution in [1.29, 1.82) is 5.26 Å². The Morgan fingerprint density at radius 3 is 2.77 bits per heavy atom. The number of fused-ring (bicyclic) bond motifs is 3.